The molecule has 0 aromatic carbocycles. The van der Waals surface area contributed by atoms with Crippen molar-refractivity contribution in [2.75, 3.05) is 0 Å². The zero-order valence-corrected chi connectivity index (χ0v) is 15.9. The second-order valence-corrected chi connectivity index (χ2v) is 6.56. The van der Waals surface area contributed by atoms with Crippen LogP contribution in [0.5, 0.6) is 0 Å². The van der Waals surface area contributed by atoms with Crippen molar-refractivity contribution in [3.63, 3.8) is 0 Å². The van der Waals surface area contributed by atoms with Gasteiger partial charge in [0.05, 0.1) is 18.7 Å². The number of aromatic amines is 2. The molecule has 0 saturated heterocycles. The molecule has 2 aromatic heterocycles. The first-order valence-corrected chi connectivity index (χ1v) is 9.01. The average molecular weight is 421 g/mol. The van der Waals surface area contributed by atoms with Gasteiger partial charge in [0.15, 0.2) is 0 Å². The summed E-state index contributed by atoms with van der Waals surface area (Å²) >= 11 is 0. The number of nitrogens with zero attached hydrogens (tertiary/aromatic N) is 2. The summed E-state index contributed by atoms with van der Waals surface area (Å²) in [7, 11) is 0. The van der Waals surface area contributed by atoms with E-state index in [1.54, 1.807) is 0 Å². The molecule has 162 valence electrons. The summed E-state index contributed by atoms with van der Waals surface area (Å²) < 4.78 is 0. The van der Waals surface area contributed by atoms with E-state index in [0.29, 0.717) is 11.4 Å². The largest absolute Gasteiger partial charge is 0.481 e. The smallest absolute Gasteiger partial charge is 0.326 e. The second kappa shape index (κ2) is 10.7. The number of carboxylic acids is 2. The fourth-order valence-electron chi connectivity index (χ4n) is 2.63. The van der Waals surface area contributed by atoms with Gasteiger partial charge in [0, 0.05) is 43.0 Å². The molecule has 0 bridgehead atoms. The SMILES string of the molecule is N[C@@H](Cc1cnc[nH]1)C(=O)N[C@@H](CCC(=O)O)C(=O)N[C@@H](Cc1cnc[nH]1)C(=O)O. The number of carbonyl (C=O) groups is 4. The van der Waals surface area contributed by atoms with Crippen LogP contribution in [-0.2, 0) is 32.0 Å². The number of nitrogens with two attached hydrogens (primary N) is 1. The normalized spacial score (nSPS) is 13.8. The molecular formula is C17H23N7O6. The molecule has 0 aliphatic heterocycles. The maximum atomic E-state index is 12.6. The number of carboxylic acid groups (broad SMARTS) is 2. The molecule has 2 rings (SSSR count). The van der Waals surface area contributed by atoms with Crippen LogP contribution < -0.4 is 16.4 Å². The summed E-state index contributed by atoms with van der Waals surface area (Å²) in [5, 5.41) is 23.0. The summed E-state index contributed by atoms with van der Waals surface area (Å²) in [4.78, 5) is 60.5. The van der Waals surface area contributed by atoms with E-state index in [1.165, 1.54) is 25.0 Å². The minimum absolute atomic E-state index is 0.0694. The molecule has 30 heavy (non-hydrogen) atoms. The summed E-state index contributed by atoms with van der Waals surface area (Å²) in [6.07, 6.45) is 5.11. The summed E-state index contributed by atoms with van der Waals surface area (Å²) in [5.41, 5.74) is 6.93. The number of amides is 2. The van der Waals surface area contributed by atoms with E-state index >= 15 is 0 Å². The Morgan fingerprint density at radius 1 is 0.933 bits per heavy atom. The third-order valence-electron chi connectivity index (χ3n) is 4.20. The number of hydrogen-bond acceptors (Lipinski definition) is 7. The van der Waals surface area contributed by atoms with Crippen LogP contribution in [0.2, 0.25) is 0 Å². The van der Waals surface area contributed by atoms with Gasteiger partial charge in [-0.3, -0.25) is 14.4 Å². The molecule has 13 nitrogen and oxygen atoms in total. The first kappa shape index (κ1) is 22.5. The van der Waals surface area contributed by atoms with Gasteiger partial charge in [-0.05, 0) is 6.42 Å². The standard InChI is InChI=1S/C17H23N7O6/c18-11(3-9-5-19-7-21-9)15(27)23-12(1-2-14(25)26)16(28)24-13(17(29)30)4-10-6-20-8-22-10/h5-8,11-13H,1-4,18H2,(H,19,21)(H,20,22)(H,23,27)(H,24,28)(H,25,26)(H,29,30)/t11-,12-,13-/m0/s1. The van der Waals surface area contributed by atoms with Crippen molar-refractivity contribution in [3.05, 3.63) is 36.4 Å². The quantitative estimate of drug-likeness (QED) is 0.205. The van der Waals surface area contributed by atoms with Crippen molar-refractivity contribution >= 4 is 23.8 Å². The van der Waals surface area contributed by atoms with Gasteiger partial charge in [-0.1, -0.05) is 0 Å². The van der Waals surface area contributed by atoms with Gasteiger partial charge in [0.2, 0.25) is 11.8 Å². The van der Waals surface area contributed by atoms with E-state index < -0.39 is 48.3 Å². The molecular weight excluding hydrogens is 398 g/mol. The Morgan fingerprint density at radius 3 is 2.00 bits per heavy atom. The predicted molar refractivity (Wildman–Crippen MR) is 101 cm³/mol. The number of rotatable bonds is 12. The van der Waals surface area contributed by atoms with Crippen LogP contribution >= 0.6 is 0 Å². The molecule has 2 amide bonds. The number of hydrogen-bond donors (Lipinski definition) is 7. The molecule has 0 radical (unpaired) electrons. The Morgan fingerprint density at radius 2 is 1.50 bits per heavy atom. The zero-order valence-electron chi connectivity index (χ0n) is 15.9. The number of carbonyl (C=O) groups excluding carboxylic acids is 2. The molecule has 0 aliphatic carbocycles. The molecule has 0 saturated carbocycles. The van der Waals surface area contributed by atoms with Crippen LogP contribution in [0.4, 0.5) is 0 Å². The predicted octanol–water partition coefficient (Wildman–Crippen LogP) is -1.84. The Bertz CT molecular complexity index is 852. The Labute approximate surface area is 170 Å². The van der Waals surface area contributed by atoms with Crippen LogP contribution in [0.15, 0.2) is 25.0 Å². The monoisotopic (exact) mass is 421 g/mol. The third kappa shape index (κ3) is 7.01. The van der Waals surface area contributed by atoms with E-state index in [0.717, 1.165) is 0 Å². The van der Waals surface area contributed by atoms with Crippen molar-refractivity contribution in [1.29, 1.82) is 0 Å². The highest BCUT2D eigenvalue weighted by Crippen LogP contribution is 2.04. The Balaban J connectivity index is 2.03. The van der Waals surface area contributed by atoms with Crippen molar-refractivity contribution in [1.82, 2.24) is 30.6 Å². The van der Waals surface area contributed by atoms with E-state index in [2.05, 4.69) is 30.6 Å². The Hall–Kier alpha value is -3.74. The van der Waals surface area contributed by atoms with Gasteiger partial charge in [-0.15, -0.1) is 0 Å². The minimum Gasteiger partial charge on any atom is -0.481 e. The molecule has 0 fully saturated rings. The molecule has 8 N–H and O–H groups in total. The van der Waals surface area contributed by atoms with Crippen LogP contribution in [0, 0.1) is 0 Å². The van der Waals surface area contributed by atoms with E-state index in [1.807, 2.05) is 0 Å². The zero-order chi connectivity index (χ0) is 22.1. The highest BCUT2D eigenvalue weighted by molar-refractivity contribution is 5.92. The van der Waals surface area contributed by atoms with Crippen LogP contribution in [0.25, 0.3) is 0 Å². The van der Waals surface area contributed by atoms with Crippen LogP contribution in [0.1, 0.15) is 24.2 Å². The molecule has 0 unspecified atom stereocenters. The van der Waals surface area contributed by atoms with E-state index in [-0.39, 0.29) is 19.3 Å². The highest BCUT2D eigenvalue weighted by atomic mass is 16.4. The number of aromatic nitrogens is 4. The van der Waals surface area contributed by atoms with E-state index in [9.17, 15) is 24.3 Å². The maximum absolute atomic E-state index is 12.6. The molecule has 13 heteroatoms. The molecule has 0 spiro atoms. The lowest BCUT2D eigenvalue weighted by Crippen LogP contribution is -2.55. The second-order valence-electron chi connectivity index (χ2n) is 6.56. The van der Waals surface area contributed by atoms with Gasteiger partial charge < -0.3 is 36.5 Å². The van der Waals surface area contributed by atoms with Gasteiger partial charge in [-0.25, -0.2) is 14.8 Å². The fourth-order valence-corrected chi connectivity index (χ4v) is 2.63. The molecule has 3 atom stereocenters. The maximum Gasteiger partial charge on any atom is 0.326 e. The minimum atomic E-state index is -1.30. The lowest BCUT2D eigenvalue weighted by atomic mass is 10.1. The average Bonchev–Trinajstić information content (AvgIpc) is 3.38. The van der Waals surface area contributed by atoms with E-state index in [4.69, 9.17) is 10.8 Å². The van der Waals surface area contributed by atoms with Gasteiger partial charge >= 0.3 is 11.9 Å². The summed E-state index contributed by atoms with van der Waals surface area (Å²) in [5.74, 6) is -3.98. The first-order valence-electron chi connectivity index (χ1n) is 9.01. The molecule has 2 heterocycles. The molecule has 0 aliphatic rings. The Kier molecular flexibility index (Phi) is 8.05. The summed E-state index contributed by atoms with van der Waals surface area (Å²) in [6, 6.07) is -3.60. The lowest BCUT2D eigenvalue weighted by molar-refractivity contribution is -0.143. The number of nitrogens with one attached hydrogen (secondary N) is 4. The first-order chi connectivity index (χ1) is 14.3. The summed E-state index contributed by atoms with van der Waals surface area (Å²) in [6.45, 7) is 0. The van der Waals surface area contributed by atoms with Crippen molar-refractivity contribution in [3.8, 4) is 0 Å². The van der Waals surface area contributed by atoms with Crippen molar-refractivity contribution < 1.29 is 29.4 Å². The van der Waals surface area contributed by atoms with Crippen molar-refractivity contribution in [2.45, 2.75) is 43.8 Å². The topological polar surface area (TPSA) is 216 Å². The highest BCUT2D eigenvalue weighted by Gasteiger charge is 2.29. The van der Waals surface area contributed by atoms with Gasteiger partial charge in [0.1, 0.15) is 12.1 Å². The number of imidazole rings is 2. The van der Waals surface area contributed by atoms with Gasteiger partial charge in [-0.2, -0.15) is 0 Å². The number of H-pyrrole nitrogens is 2. The third-order valence-corrected chi connectivity index (χ3v) is 4.20. The molecule has 2 aromatic rings. The fraction of sp³-hybridized carbons (Fsp3) is 0.412. The van der Waals surface area contributed by atoms with Crippen molar-refractivity contribution in [2.24, 2.45) is 5.73 Å². The van der Waals surface area contributed by atoms with Crippen LogP contribution in [-0.4, -0.2) is 72.0 Å². The van der Waals surface area contributed by atoms with Gasteiger partial charge in [0.25, 0.3) is 0 Å². The number of aliphatic carboxylic acids is 2. The lowest BCUT2D eigenvalue weighted by Gasteiger charge is -2.22. The van der Waals surface area contributed by atoms with Crippen LogP contribution in [0.3, 0.4) is 0 Å².